The molecule has 0 aromatic heterocycles. The summed E-state index contributed by atoms with van der Waals surface area (Å²) >= 11 is 0. The average Bonchev–Trinajstić information content (AvgIpc) is 1.86. The molecule has 0 heterocycles. The molecule has 0 aromatic rings. The van der Waals surface area contributed by atoms with E-state index in [1.165, 1.54) is 0 Å². The molecule has 0 aliphatic heterocycles. The standard InChI is InChI=1S/C6H13NO4/c1-5(4-11-10)7(2)3-6(8)9/h5,10H,3-4H2,1-2H3,(H,8,9). The molecule has 0 fully saturated rings. The molecule has 0 saturated heterocycles. The van der Waals surface area contributed by atoms with Gasteiger partial charge in [0.05, 0.1) is 13.2 Å². The molecule has 0 bridgehead atoms. The zero-order chi connectivity index (χ0) is 8.85. The average molecular weight is 163 g/mol. The second-order valence-corrected chi connectivity index (χ2v) is 2.45. The van der Waals surface area contributed by atoms with Crippen LogP contribution < -0.4 is 0 Å². The third-order valence-corrected chi connectivity index (χ3v) is 1.45. The van der Waals surface area contributed by atoms with E-state index in [2.05, 4.69) is 4.89 Å². The van der Waals surface area contributed by atoms with Crippen molar-refractivity contribution in [2.75, 3.05) is 20.2 Å². The summed E-state index contributed by atoms with van der Waals surface area (Å²) in [6, 6.07) is -0.101. The number of hydrogen-bond donors (Lipinski definition) is 2. The summed E-state index contributed by atoms with van der Waals surface area (Å²) in [5.41, 5.74) is 0. The molecule has 0 radical (unpaired) electrons. The van der Waals surface area contributed by atoms with Crippen LogP contribution in [0.1, 0.15) is 6.92 Å². The Bertz CT molecular complexity index is 128. The first kappa shape index (κ1) is 10.3. The lowest BCUT2D eigenvalue weighted by Crippen LogP contribution is -2.36. The number of hydrogen-bond acceptors (Lipinski definition) is 4. The first-order valence-corrected chi connectivity index (χ1v) is 3.26. The van der Waals surface area contributed by atoms with Crippen LogP contribution in [-0.4, -0.2) is 47.5 Å². The fraction of sp³-hybridized carbons (Fsp3) is 0.833. The Morgan fingerprint density at radius 3 is 2.64 bits per heavy atom. The van der Waals surface area contributed by atoms with Crippen molar-refractivity contribution in [3.05, 3.63) is 0 Å². The van der Waals surface area contributed by atoms with Crippen LogP contribution in [0.2, 0.25) is 0 Å². The van der Waals surface area contributed by atoms with Crippen LogP contribution in [0.25, 0.3) is 0 Å². The Labute approximate surface area is 65.1 Å². The molecule has 5 nitrogen and oxygen atoms in total. The van der Waals surface area contributed by atoms with E-state index in [-0.39, 0.29) is 19.2 Å². The molecule has 0 rings (SSSR count). The summed E-state index contributed by atoms with van der Waals surface area (Å²) in [4.78, 5) is 15.6. The van der Waals surface area contributed by atoms with Gasteiger partial charge in [-0.2, -0.15) is 0 Å². The maximum absolute atomic E-state index is 10.2. The molecular formula is C6H13NO4. The predicted molar refractivity (Wildman–Crippen MR) is 38.3 cm³/mol. The molecule has 11 heavy (non-hydrogen) atoms. The summed E-state index contributed by atoms with van der Waals surface area (Å²) in [5.74, 6) is -0.891. The zero-order valence-corrected chi connectivity index (χ0v) is 6.65. The van der Waals surface area contributed by atoms with Gasteiger partial charge in [0, 0.05) is 6.04 Å². The van der Waals surface area contributed by atoms with E-state index in [1.54, 1.807) is 18.9 Å². The normalized spacial score (nSPS) is 13.5. The summed E-state index contributed by atoms with van der Waals surface area (Å²) in [6.07, 6.45) is 0. The highest BCUT2D eigenvalue weighted by Gasteiger charge is 2.11. The van der Waals surface area contributed by atoms with Crippen molar-refractivity contribution >= 4 is 5.97 Å². The van der Waals surface area contributed by atoms with Crippen LogP contribution in [0, 0.1) is 0 Å². The van der Waals surface area contributed by atoms with Crippen LogP contribution in [0.5, 0.6) is 0 Å². The monoisotopic (exact) mass is 163 g/mol. The van der Waals surface area contributed by atoms with Crippen LogP contribution in [0.4, 0.5) is 0 Å². The van der Waals surface area contributed by atoms with Crippen molar-refractivity contribution in [3.8, 4) is 0 Å². The van der Waals surface area contributed by atoms with Gasteiger partial charge in [0.2, 0.25) is 0 Å². The Morgan fingerprint density at radius 2 is 2.27 bits per heavy atom. The van der Waals surface area contributed by atoms with Crippen molar-refractivity contribution in [2.24, 2.45) is 0 Å². The third kappa shape index (κ3) is 4.72. The van der Waals surface area contributed by atoms with E-state index in [9.17, 15) is 4.79 Å². The van der Waals surface area contributed by atoms with Gasteiger partial charge in [-0.05, 0) is 14.0 Å². The lowest BCUT2D eigenvalue weighted by molar-refractivity contribution is -0.250. The molecule has 0 aromatic carbocycles. The van der Waals surface area contributed by atoms with Crippen molar-refractivity contribution < 1.29 is 20.0 Å². The highest BCUT2D eigenvalue weighted by Crippen LogP contribution is 1.94. The molecule has 5 heteroatoms. The van der Waals surface area contributed by atoms with E-state index in [1.807, 2.05) is 0 Å². The first-order valence-electron chi connectivity index (χ1n) is 3.26. The fourth-order valence-electron chi connectivity index (χ4n) is 0.604. The summed E-state index contributed by atoms with van der Waals surface area (Å²) in [6.45, 7) is 1.83. The number of carboxylic acids is 1. The molecule has 0 amide bonds. The molecule has 0 aliphatic carbocycles. The molecule has 66 valence electrons. The number of aliphatic carboxylic acids is 1. The van der Waals surface area contributed by atoms with Gasteiger partial charge in [-0.1, -0.05) is 0 Å². The van der Waals surface area contributed by atoms with Gasteiger partial charge >= 0.3 is 5.97 Å². The van der Waals surface area contributed by atoms with Gasteiger partial charge in [0.1, 0.15) is 0 Å². The molecule has 0 aliphatic rings. The fourth-order valence-corrected chi connectivity index (χ4v) is 0.604. The second kappa shape index (κ2) is 5.06. The van der Waals surface area contributed by atoms with Gasteiger partial charge in [-0.25, -0.2) is 4.89 Å². The van der Waals surface area contributed by atoms with Gasteiger partial charge in [-0.3, -0.25) is 15.0 Å². The van der Waals surface area contributed by atoms with E-state index in [4.69, 9.17) is 10.4 Å². The van der Waals surface area contributed by atoms with Crippen molar-refractivity contribution in [1.29, 1.82) is 0 Å². The Balaban J connectivity index is 3.63. The van der Waals surface area contributed by atoms with Gasteiger partial charge in [0.25, 0.3) is 0 Å². The smallest absolute Gasteiger partial charge is 0.317 e. The Morgan fingerprint density at radius 1 is 1.73 bits per heavy atom. The number of carbonyl (C=O) groups is 1. The van der Waals surface area contributed by atoms with Crippen molar-refractivity contribution in [1.82, 2.24) is 4.90 Å². The van der Waals surface area contributed by atoms with Crippen LogP contribution >= 0.6 is 0 Å². The minimum Gasteiger partial charge on any atom is -0.480 e. The minimum absolute atomic E-state index is 0.0511. The SMILES string of the molecule is CC(COO)N(C)CC(=O)O. The maximum atomic E-state index is 10.2. The molecular weight excluding hydrogens is 150 g/mol. The molecule has 0 spiro atoms. The lowest BCUT2D eigenvalue weighted by Gasteiger charge is -2.20. The highest BCUT2D eigenvalue weighted by molar-refractivity contribution is 5.69. The van der Waals surface area contributed by atoms with Crippen molar-refractivity contribution in [2.45, 2.75) is 13.0 Å². The van der Waals surface area contributed by atoms with Crippen LogP contribution in [0.15, 0.2) is 0 Å². The Hall–Kier alpha value is -0.650. The van der Waals surface area contributed by atoms with Gasteiger partial charge in [0.15, 0.2) is 0 Å². The number of likely N-dealkylation sites (N-methyl/N-ethyl adjacent to an activating group) is 1. The number of carboxylic acid groups (broad SMARTS) is 1. The zero-order valence-electron chi connectivity index (χ0n) is 6.65. The molecule has 0 saturated carbocycles. The quantitative estimate of drug-likeness (QED) is 0.437. The maximum Gasteiger partial charge on any atom is 0.317 e. The van der Waals surface area contributed by atoms with Crippen LogP contribution in [-0.2, 0) is 9.68 Å². The van der Waals surface area contributed by atoms with Gasteiger partial charge < -0.3 is 5.11 Å². The van der Waals surface area contributed by atoms with E-state index >= 15 is 0 Å². The number of nitrogens with zero attached hydrogens (tertiary/aromatic N) is 1. The molecule has 2 N–H and O–H groups in total. The largest absolute Gasteiger partial charge is 0.480 e. The van der Waals surface area contributed by atoms with Crippen molar-refractivity contribution in [3.63, 3.8) is 0 Å². The Kier molecular flexibility index (Phi) is 4.76. The van der Waals surface area contributed by atoms with E-state index < -0.39 is 5.97 Å². The van der Waals surface area contributed by atoms with E-state index in [0.717, 1.165) is 0 Å². The first-order chi connectivity index (χ1) is 5.07. The summed E-state index contributed by atoms with van der Waals surface area (Å²) < 4.78 is 0. The highest BCUT2D eigenvalue weighted by atomic mass is 17.1. The molecule has 1 unspecified atom stereocenters. The second-order valence-electron chi connectivity index (χ2n) is 2.45. The van der Waals surface area contributed by atoms with Gasteiger partial charge in [-0.15, -0.1) is 0 Å². The van der Waals surface area contributed by atoms with E-state index in [0.29, 0.717) is 0 Å². The summed E-state index contributed by atoms with van der Waals surface area (Å²) in [7, 11) is 1.65. The minimum atomic E-state index is -0.891. The number of rotatable bonds is 5. The third-order valence-electron chi connectivity index (χ3n) is 1.45. The predicted octanol–water partition coefficient (Wildman–Crippen LogP) is -0.119. The topological polar surface area (TPSA) is 70.0 Å². The van der Waals surface area contributed by atoms with Crippen LogP contribution in [0.3, 0.4) is 0 Å². The summed E-state index contributed by atoms with van der Waals surface area (Å²) in [5, 5.41) is 16.4. The molecule has 1 atom stereocenters. The lowest BCUT2D eigenvalue weighted by atomic mass is 10.3.